The molecule has 0 bridgehead atoms. The smallest absolute Gasteiger partial charge is 0.296 e. The molecule has 1 heterocycles. The Balaban J connectivity index is 2.13. The number of ketones is 1. The number of carbonyl (C=O) groups excluding carboxylic acids is 2. The summed E-state index contributed by atoms with van der Waals surface area (Å²) < 4.78 is 0. The van der Waals surface area contributed by atoms with Crippen LogP contribution in [0.5, 0.6) is 0 Å². The van der Waals surface area contributed by atoms with Crippen molar-refractivity contribution in [1.82, 2.24) is 10.2 Å². The highest BCUT2D eigenvalue weighted by atomic mass is 16.2. The number of amides is 1. The van der Waals surface area contributed by atoms with E-state index in [9.17, 15) is 9.59 Å². The fourth-order valence-corrected chi connectivity index (χ4v) is 2.92. The average molecular weight is 288 g/mol. The van der Waals surface area contributed by atoms with Crippen molar-refractivity contribution in [2.24, 2.45) is 0 Å². The molecule has 1 aliphatic carbocycles. The molecule has 0 saturated carbocycles. The number of hydrogen-bond acceptors (Lipinski definition) is 3. The zero-order valence-electron chi connectivity index (χ0n) is 12.9. The van der Waals surface area contributed by atoms with Crippen LogP contribution in [0.25, 0.3) is 0 Å². The number of Topliss-reactive ketones (excluding diaryl/α,β-unsaturated/α-hetero) is 1. The van der Waals surface area contributed by atoms with Crippen LogP contribution < -0.4 is 5.32 Å². The van der Waals surface area contributed by atoms with E-state index in [4.69, 9.17) is 0 Å². The SMILES string of the molecule is CCCN(CCC)CCC1=C2C(=O)C(=O)NC2=CC=CC1. The van der Waals surface area contributed by atoms with Gasteiger partial charge in [-0.2, -0.15) is 0 Å². The summed E-state index contributed by atoms with van der Waals surface area (Å²) in [6, 6.07) is 0. The van der Waals surface area contributed by atoms with Crippen molar-refractivity contribution >= 4 is 11.7 Å². The Morgan fingerprint density at radius 3 is 2.52 bits per heavy atom. The molecule has 0 aromatic carbocycles. The van der Waals surface area contributed by atoms with Gasteiger partial charge in [0, 0.05) is 6.54 Å². The van der Waals surface area contributed by atoms with Gasteiger partial charge < -0.3 is 10.2 Å². The van der Waals surface area contributed by atoms with Crippen LogP contribution in [0.1, 0.15) is 39.5 Å². The normalized spacial score (nSPS) is 18.0. The molecule has 4 nitrogen and oxygen atoms in total. The van der Waals surface area contributed by atoms with Crippen LogP contribution in [0, 0.1) is 0 Å². The largest absolute Gasteiger partial charge is 0.318 e. The van der Waals surface area contributed by atoms with Crippen molar-refractivity contribution in [2.75, 3.05) is 19.6 Å². The van der Waals surface area contributed by atoms with Crippen LogP contribution in [0.15, 0.2) is 35.1 Å². The van der Waals surface area contributed by atoms with Gasteiger partial charge in [0.05, 0.1) is 11.3 Å². The molecule has 0 aromatic rings. The molecule has 1 fully saturated rings. The summed E-state index contributed by atoms with van der Waals surface area (Å²) in [5, 5.41) is 2.66. The van der Waals surface area contributed by atoms with Crippen molar-refractivity contribution in [2.45, 2.75) is 39.5 Å². The molecule has 0 spiro atoms. The molecule has 4 heteroatoms. The van der Waals surface area contributed by atoms with E-state index in [1.54, 1.807) is 0 Å². The molecule has 114 valence electrons. The Morgan fingerprint density at radius 1 is 1.14 bits per heavy atom. The highest BCUT2D eigenvalue weighted by Gasteiger charge is 2.33. The highest BCUT2D eigenvalue weighted by Crippen LogP contribution is 2.27. The molecule has 1 aliphatic heterocycles. The average Bonchev–Trinajstić information content (AvgIpc) is 2.64. The molecule has 0 radical (unpaired) electrons. The lowest BCUT2D eigenvalue weighted by molar-refractivity contribution is -0.133. The summed E-state index contributed by atoms with van der Waals surface area (Å²) in [4.78, 5) is 26.0. The Morgan fingerprint density at radius 2 is 1.86 bits per heavy atom. The predicted molar refractivity (Wildman–Crippen MR) is 83.7 cm³/mol. The summed E-state index contributed by atoms with van der Waals surface area (Å²) in [7, 11) is 0. The first-order valence-corrected chi connectivity index (χ1v) is 7.84. The number of carbonyl (C=O) groups is 2. The lowest BCUT2D eigenvalue weighted by Gasteiger charge is -2.21. The van der Waals surface area contributed by atoms with E-state index in [2.05, 4.69) is 30.1 Å². The first-order valence-electron chi connectivity index (χ1n) is 7.84. The van der Waals surface area contributed by atoms with E-state index >= 15 is 0 Å². The third-order valence-corrected chi connectivity index (χ3v) is 3.88. The van der Waals surface area contributed by atoms with Gasteiger partial charge in [0.15, 0.2) is 0 Å². The zero-order chi connectivity index (χ0) is 15.2. The van der Waals surface area contributed by atoms with Crippen LogP contribution in [-0.4, -0.2) is 36.2 Å². The van der Waals surface area contributed by atoms with Crippen LogP contribution in [-0.2, 0) is 9.59 Å². The van der Waals surface area contributed by atoms with Gasteiger partial charge in [-0.25, -0.2) is 0 Å². The highest BCUT2D eigenvalue weighted by molar-refractivity contribution is 6.47. The fraction of sp³-hybridized carbons (Fsp3) is 0.529. The molecule has 0 unspecified atom stereocenters. The van der Waals surface area contributed by atoms with Crippen molar-refractivity contribution in [3.63, 3.8) is 0 Å². The molecule has 2 rings (SSSR count). The van der Waals surface area contributed by atoms with Crippen LogP contribution >= 0.6 is 0 Å². The molecule has 1 N–H and O–H groups in total. The predicted octanol–water partition coefficient (Wildman–Crippen LogP) is 2.34. The molecule has 21 heavy (non-hydrogen) atoms. The Labute approximate surface area is 126 Å². The van der Waals surface area contributed by atoms with E-state index in [1.165, 1.54) is 0 Å². The lowest BCUT2D eigenvalue weighted by atomic mass is 9.99. The van der Waals surface area contributed by atoms with Gasteiger partial charge in [0.25, 0.3) is 11.7 Å². The monoisotopic (exact) mass is 288 g/mol. The van der Waals surface area contributed by atoms with E-state index < -0.39 is 5.91 Å². The quantitative estimate of drug-likeness (QED) is 0.732. The van der Waals surface area contributed by atoms with Crippen LogP contribution in [0.3, 0.4) is 0 Å². The first kappa shape index (κ1) is 15.7. The van der Waals surface area contributed by atoms with Crippen molar-refractivity contribution in [1.29, 1.82) is 0 Å². The molecule has 0 aromatic heterocycles. The molecule has 0 atom stereocenters. The third kappa shape index (κ3) is 3.70. The second kappa shape index (κ2) is 7.36. The number of hydrogen-bond donors (Lipinski definition) is 1. The molecule has 2 aliphatic rings. The number of allylic oxidation sites excluding steroid dienone is 4. The fourth-order valence-electron chi connectivity index (χ4n) is 2.92. The summed E-state index contributed by atoms with van der Waals surface area (Å²) in [6.45, 7) is 7.48. The van der Waals surface area contributed by atoms with Crippen LogP contribution in [0.2, 0.25) is 0 Å². The maximum absolute atomic E-state index is 12.0. The first-order chi connectivity index (χ1) is 10.2. The Hall–Kier alpha value is -1.68. The van der Waals surface area contributed by atoms with Gasteiger partial charge in [0.2, 0.25) is 0 Å². The van der Waals surface area contributed by atoms with Gasteiger partial charge in [-0.3, -0.25) is 9.59 Å². The summed E-state index contributed by atoms with van der Waals surface area (Å²) in [6.07, 6.45) is 9.65. The van der Waals surface area contributed by atoms with E-state index in [-0.39, 0.29) is 5.78 Å². The topological polar surface area (TPSA) is 49.4 Å². The second-order valence-corrected chi connectivity index (χ2v) is 5.57. The Kier molecular flexibility index (Phi) is 5.51. The van der Waals surface area contributed by atoms with Crippen LogP contribution in [0.4, 0.5) is 0 Å². The summed E-state index contributed by atoms with van der Waals surface area (Å²) in [5.41, 5.74) is 2.36. The minimum absolute atomic E-state index is 0.377. The van der Waals surface area contributed by atoms with Crippen molar-refractivity contribution in [3.05, 3.63) is 35.1 Å². The molecular weight excluding hydrogens is 264 g/mol. The third-order valence-electron chi connectivity index (χ3n) is 3.88. The summed E-state index contributed by atoms with van der Waals surface area (Å²) >= 11 is 0. The maximum atomic E-state index is 12.0. The Bertz CT molecular complexity index is 509. The number of nitrogens with one attached hydrogen (secondary N) is 1. The van der Waals surface area contributed by atoms with Gasteiger partial charge in [0.1, 0.15) is 0 Å². The molecule has 1 amide bonds. The molecular formula is C17H24N2O2. The second-order valence-electron chi connectivity index (χ2n) is 5.57. The van der Waals surface area contributed by atoms with Crippen molar-refractivity contribution in [3.8, 4) is 0 Å². The minimum atomic E-state index is -0.497. The maximum Gasteiger partial charge on any atom is 0.296 e. The van der Waals surface area contributed by atoms with Gasteiger partial charge >= 0.3 is 0 Å². The van der Waals surface area contributed by atoms with Crippen molar-refractivity contribution < 1.29 is 9.59 Å². The van der Waals surface area contributed by atoms with E-state index in [0.29, 0.717) is 11.3 Å². The lowest BCUT2D eigenvalue weighted by Crippen LogP contribution is -2.27. The van der Waals surface area contributed by atoms with Gasteiger partial charge in [-0.1, -0.05) is 31.6 Å². The number of rotatable bonds is 7. The zero-order valence-corrected chi connectivity index (χ0v) is 12.9. The number of nitrogens with zero attached hydrogens (tertiary/aromatic N) is 1. The minimum Gasteiger partial charge on any atom is -0.318 e. The van der Waals surface area contributed by atoms with Gasteiger partial charge in [-0.05, 0) is 44.8 Å². The van der Waals surface area contributed by atoms with Gasteiger partial charge in [-0.15, -0.1) is 0 Å². The standard InChI is InChI=1S/C17H24N2O2/c1-3-10-19(11-4-2)12-9-13-7-5-6-8-14-15(13)16(20)17(21)18-14/h5-6,8H,3-4,7,9-12H2,1-2H3,(H,18,21). The number of fused-ring (bicyclic) bond motifs is 1. The molecule has 1 saturated heterocycles. The van der Waals surface area contributed by atoms with E-state index in [1.807, 2.05) is 12.2 Å². The summed E-state index contributed by atoms with van der Waals surface area (Å²) in [5.74, 6) is -0.875. The van der Waals surface area contributed by atoms with E-state index in [0.717, 1.165) is 50.9 Å².